The van der Waals surface area contributed by atoms with Crippen molar-refractivity contribution in [1.82, 2.24) is 14.8 Å². The largest absolute Gasteiger partial charge is 0.375 e. The number of aliphatic imine (C=N–C) groups is 1. The monoisotopic (exact) mass is 483 g/mol. The van der Waals surface area contributed by atoms with Crippen molar-refractivity contribution < 1.29 is 9.18 Å². The standard InChI is InChI=1S/C26H34FN5OS/c1-8-16(6)21(23-22(30-26(28)34-23)17-11-13-18(27)14-12-17)29-24-19(9-2)31(7)25(33)20(10-3)32(24)15(4)5/h9,11-15,20H,8,10H2,1-7H3,(H2,28,30). The zero-order valence-electron chi connectivity index (χ0n) is 21.0. The van der Waals surface area contributed by atoms with Gasteiger partial charge in [-0.2, -0.15) is 0 Å². The van der Waals surface area contributed by atoms with Crippen LogP contribution in [0.25, 0.3) is 17.0 Å². The summed E-state index contributed by atoms with van der Waals surface area (Å²) in [6.07, 6.45) is 3.39. The molecule has 2 N–H and O–H groups in total. The first-order chi connectivity index (χ1) is 16.1. The van der Waals surface area contributed by atoms with Crippen LogP contribution >= 0.6 is 11.3 Å². The lowest BCUT2D eigenvalue weighted by molar-refractivity contribution is -0.134. The van der Waals surface area contributed by atoms with Crippen LogP contribution in [0.2, 0.25) is 0 Å². The highest BCUT2D eigenvalue weighted by atomic mass is 32.1. The Morgan fingerprint density at radius 1 is 1.29 bits per heavy atom. The zero-order chi connectivity index (χ0) is 25.2. The third-order valence-corrected chi connectivity index (χ3v) is 7.02. The fourth-order valence-electron chi connectivity index (χ4n) is 4.22. The number of thiazole rings is 1. The molecule has 1 fully saturated rings. The second kappa shape index (κ2) is 10.5. The molecule has 1 aromatic heterocycles. The number of piperazine rings is 1. The van der Waals surface area contributed by atoms with E-state index in [1.807, 2.05) is 26.8 Å². The van der Waals surface area contributed by atoms with Gasteiger partial charge in [0.05, 0.1) is 22.0 Å². The lowest BCUT2D eigenvalue weighted by Gasteiger charge is -2.44. The Kier molecular flexibility index (Phi) is 7.92. The number of benzene rings is 1. The maximum Gasteiger partial charge on any atom is 0.249 e. The van der Waals surface area contributed by atoms with Crippen LogP contribution in [0.15, 0.2) is 46.6 Å². The number of hydrogen-bond donors (Lipinski definition) is 1. The number of amidine groups is 1. The average Bonchev–Trinajstić information content (AvgIpc) is 3.20. The number of anilines is 1. The van der Waals surface area contributed by atoms with Crippen LogP contribution in [0.4, 0.5) is 9.52 Å². The van der Waals surface area contributed by atoms with E-state index in [0.29, 0.717) is 17.2 Å². The van der Waals surface area contributed by atoms with Crippen molar-refractivity contribution in [2.24, 2.45) is 4.99 Å². The number of aromatic nitrogens is 1. The quantitative estimate of drug-likeness (QED) is 0.552. The highest BCUT2D eigenvalue weighted by molar-refractivity contribution is 7.16. The first-order valence-corrected chi connectivity index (χ1v) is 12.5. The van der Waals surface area contributed by atoms with Crippen LogP contribution in [-0.4, -0.2) is 45.7 Å². The van der Waals surface area contributed by atoms with Crippen molar-refractivity contribution >= 4 is 33.9 Å². The van der Waals surface area contributed by atoms with E-state index in [1.54, 1.807) is 24.1 Å². The minimum atomic E-state index is -0.305. The number of nitrogens with two attached hydrogens (primary N) is 1. The first-order valence-electron chi connectivity index (χ1n) is 11.7. The number of allylic oxidation sites excluding steroid dienone is 2. The summed E-state index contributed by atoms with van der Waals surface area (Å²) >= 11 is 1.37. The molecule has 0 radical (unpaired) electrons. The minimum Gasteiger partial charge on any atom is -0.375 e. The predicted octanol–water partition coefficient (Wildman–Crippen LogP) is 5.94. The second-order valence-electron chi connectivity index (χ2n) is 8.65. The summed E-state index contributed by atoms with van der Waals surface area (Å²) in [4.78, 5) is 27.6. The molecule has 1 aliphatic heterocycles. The van der Waals surface area contributed by atoms with Crippen molar-refractivity contribution in [1.29, 1.82) is 0 Å². The third kappa shape index (κ3) is 4.78. The summed E-state index contributed by atoms with van der Waals surface area (Å²) in [6.45, 7) is 12.2. The number of rotatable bonds is 6. The van der Waals surface area contributed by atoms with Gasteiger partial charge in [0.25, 0.3) is 0 Å². The van der Waals surface area contributed by atoms with Gasteiger partial charge in [-0.05, 0) is 70.4 Å². The summed E-state index contributed by atoms with van der Waals surface area (Å²) in [5, 5.41) is 0.422. The van der Waals surface area contributed by atoms with Crippen molar-refractivity contribution in [3.05, 3.63) is 52.3 Å². The molecule has 6 nitrogen and oxygen atoms in total. The number of nitrogens with zero attached hydrogens (tertiary/aromatic N) is 4. The molecule has 8 heteroatoms. The smallest absolute Gasteiger partial charge is 0.249 e. The summed E-state index contributed by atoms with van der Waals surface area (Å²) in [5.74, 6) is 0.515. The summed E-state index contributed by atoms with van der Waals surface area (Å²) in [7, 11) is 1.80. The van der Waals surface area contributed by atoms with E-state index in [-0.39, 0.29) is 23.8 Å². The molecule has 1 atom stereocenters. The molecular weight excluding hydrogens is 449 g/mol. The Morgan fingerprint density at radius 2 is 1.94 bits per heavy atom. The Bertz CT molecular complexity index is 1150. The van der Waals surface area contributed by atoms with Crippen molar-refractivity contribution in [3.63, 3.8) is 0 Å². The minimum absolute atomic E-state index is 0.0648. The van der Waals surface area contributed by atoms with Crippen LogP contribution in [0.5, 0.6) is 0 Å². The second-order valence-corrected chi connectivity index (χ2v) is 9.68. The van der Waals surface area contributed by atoms with E-state index in [2.05, 4.69) is 30.7 Å². The lowest BCUT2D eigenvalue weighted by Crippen LogP contribution is -2.59. The van der Waals surface area contributed by atoms with Crippen molar-refractivity contribution in [3.8, 4) is 11.3 Å². The fourth-order valence-corrected chi connectivity index (χ4v) is 5.14. The first kappa shape index (κ1) is 25.6. The Balaban J connectivity index is 2.28. The molecule has 34 heavy (non-hydrogen) atoms. The maximum absolute atomic E-state index is 13.6. The van der Waals surface area contributed by atoms with Crippen molar-refractivity contribution in [2.45, 2.75) is 66.5 Å². The van der Waals surface area contributed by atoms with E-state index in [4.69, 9.17) is 10.7 Å². The topological polar surface area (TPSA) is 74.8 Å². The summed E-state index contributed by atoms with van der Waals surface area (Å²) < 4.78 is 13.6. The molecule has 0 aliphatic carbocycles. The number of halogens is 1. The number of nitrogen functional groups attached to an aromatic ring is 1. The maximum atomic E-state index is 13.6. The van der Waals surface area contributed by atoms with Gasteiger partial charge >= 0.3 is 0 Å². The molecule has 0 bridgehead atoms. The predicted molar refractivity (Wildman–Crippen MR) is 140 cm³/mol. The third-order valence-electron chi connectivity index (χ3n) is 6.13. The van der Waals surface area contributed by atoms with Gasteiger partial charge in [-0.3, -0.25) is 4.79 Å². The van der Waals surface area contributed by atoms with Crippen LogP contribution in [0, 0.1) is 5.82 Å². The molecule has 1 saturated heterocycles. The van der Waals surface area contributed by atoms with Gasteiger partial charge in [0.2, 0.25) is 5.91 Å². The number of hydrogen-bond acceptors (Lipinski definition) is 5. The summed E-state index contributed by atoms with van der Waals surface area (Å²) in [6, 6.07) is 6.03. The van der Waals surface area contributed by atoms with Crippen LogP contribution in [0.1, 0.15) is 59.3 Å². The highest BCUT2D eigenvalue weighted by Gasteiger charge is 2.40. The number of likely N-dealkylation sites (N-methyl/N-ethyl adjacent to an activating group) is 1. The van der Waals surface area contributed by atoms with Crippen molar-refractivity contribution in [2.75, 3.05) is 12.8 Å². The lowest BCUT2D eigenvalue weighted by atomic mass is 10.0. The van der Waals surface area contributed by atoms with Gasteiger partial charge in [-0.15, -0.1) is 0 Å². The SMILES string of the molecule is CC=C1C(=NC(=C(C)CC)c2sc(N)nc2-c2ccc(F)cc2)N(C(C)C)C(CC)C(=O)N1C. The highest BCUT2D eigenvalue weighted by Crippen LogP contribution is 2.39. The zero-order valence-corrected chi connectivity index (χ0v) is 21.8. The normalized spacial score (nSPS) is 20.0. The molecule has 2 heterocycles. The number of amides is 1. The van der Waals surface area contributed by atoms with Gasteiger partial charge in [0.1, 0.15) is 11.9 Å². The van der Waals surface area contributed by atoms with E-state index >= 15 is 0 Å². The van der Waals surface area contributed by atoms with E-state index in [1.165, 1.54) is 23.5 Å². The molecule has 1 unspecified atom stereocenters. The molecule has 2 aromatic rings. The number of carbonyl (C=O) groups excluding carboxylic acids is 1. The Labute approximate surface area is 205 Å². The number of carbonyl (C=O) groups is 1. The Morgan fingerprint density at radius 3 is 2.47 bits per heavy atom. The molecule has 3 rings (SSSR count). The van der Waals surface area contributed by atoms with Gasteiger partial charge < -0.3 is 15.5 Å². The molecule has 1 aliphatic rings. The average molecular weight is 484 g/mol. The van der Waals surface area contributed by atoms with E-state index in [0.717, 1.165) is 39.7 Å². The van der Waals surface area contributed by atoms with Gasteiger partial charge in [0.15, 0.2) is 11.0 Å². The molecule has 0 spiro atoms. The van der Waals surface area contributed by atoms with E-state index < -0.39 is 0 Å². The molecule has 182 valence electrons. The van der Waals surface area contributed by atoms with Crippen LogP contribution in [0.3, 0.4) is 0 Å². The van der Waals surface area contributed by atoms with Crippen LogP contribution < -0.4 is 5.73 Å². The van der Waals surface area contributed by atoms with Crippen LogP contribution in [-0.2, 0) is 4.79 Å². The molecule has 0 saturated carbocycles. The Hall–Kier alpha value is -3.00. The van der Waals surface area contributed by atoms with Gasteiger partial charge in [0, 0.05) is 18.7 Å². The summed E-state index contributed by atoms with van der Waals surface area (Å²) in [5.41, 5.74) is 10.2. The molecular formula is C26H34FN5OS. The fraction of sp³-hybridized carbons (Fsp3) is 0.423. The van der Waals surface area contributed by atoms with Gasteiger partial charge in [-0.25, -0.2) is 14.4 Å². The van der Waals surface area contributed by atoms with Gasteiger partial charge in [-0.1, -0.05) is 31.3 Å². The van der Waals surface area contributed by atoms with E-state index in [9.17, 15) is 9.18 Å². The molecule has 1 amide bonds. The molecule has 1 aromatic carbocycles.